The molecule has 83 heavy (non-hydrogen) atoms. The van der Waals surface area contributed by atoms with Crippen molar-refractivity contribution in [2.24, 2.45) is 0 Å². The Morgan fingerprint density at radius 2 is 0.373 bits per heavy atom. The van der Waals surface area contributed by atoms with Crippen molar-refractivity contribution in [3.05, 3.63) is 66.7 Å². The van der Waals surface area contributed by atoms with E-state index in [0.29, 0.717) is 4.90 Å². The van der Waals surface area contributed by atoms with E-state index in [4.69, 9.17) is 0 Å². The maximum atomic E-state index is 11.8. The topological polar surface area (TPSA) is 570 Å². The van der Waals surface area contributed by atoms with Crippen molar-refractivity contribution in [1.82, 2.24) is 0 Å². The second-order valence-corrected chi connectivity index (χ2v) is 18.0. The van der Waals surface area contributed by atoms with Gasteiger partial charge in [-0.3, -0.25) is 4.90 Å². The van der Waals surface area contributed by atoms with Crippen LogP contribution < -0.4 is 4.90 Å². The van der Waals surface area contributed by atoms with Crippen molar-refractivity contribution in [2.45, 2.75) is 0 Å². The van der Waals surface area contributed by atoms with Crippen LogP contribution >= 0.6 is 0 Å². The van der Waals surface area contributed by atoms with Crippen LogP contribution in [0.2, 0.25) is 0 Å². The third-order valence-electron chi connectivity index (χ3n) is 13.3. The summed E-state index contributed by atoms with van der Waals surface area (Å²) in [5, 5.41) is 303. The van der Waals surface area contributed by atoms with Crippen LogP contribution in [0.15, 0.2) is 66.7 Å². The molecule has 9 aromatic carbocycles. The summed E-state index contributed by atoms with van der Waals surface area (Å²) in [7, 11) is 0. The Morgan fingerprint density at radius 1 is 0.169 bits per heavy atom. The summed E-state index contributed by atoms with van der Waals surface area (Å²) in [5.74, 6) is -42.1. The first kappa shape index (κ1) is 55.0. The monoisotopic (exact) mass is 1150 g/mol. The van der Waals surface area contributed by atoms with Crippen LogP contribution in [-0.2, 0) is 0 Å². The molecule has 0 atom stereocenters. The number of rotatable bonds is 9. The normalized spacial score (nSPS) is 11.3. The highest BCUT2D eigenvalue weighted by Crippen LogP contribution is 2.68. The quantitative estimate of drug-likeness (QED) is 0.0515. The van der Waals surface area contributed by atoms with E-state index >= 15 is 0 Å². The SMILES string of the molecule is Oc1c(O)c(O)c(-c2cc(-c3cccc(-c4ccc(N(c5c(O)c(O)c(-c6c(O)c(O)c(O)c(O)c6O)c(O)c5O)c5c(O)c(O)c(-c6c(O)c(O)c(O)c(O)c6O)c(O)c5O)cc4)c3)cc(-c3c(O)c(O)c(O)c(O)c3O)c2)c(O)c1O. The van der Waals surface area contributed by atoms with Crippen LogP contribution in [0.5, 0.6) is 161 Å². The first-order chi connectivity index (χ1) is 38.9. The van der Waals surface area contributed by atoms with E-state index in [9.17, 15) is 143 Å². The lowest BCUT2D eigenvalue weighted by Gasteiger charge is -2.30. The predicted molar refractivity (Wildman–Crippen MR) is 280 cm³/mol. The number of benzene rings is 9. The van der Waals surface area contributed by atoms with Crippen molar-refractivity contribution in [2.75, 3.05) is 4.90 Å². The Labute approximate surface area is 458 Å². The van der Waals surface area contributed by atoms with Gasteiger partial charge in [0.2, 0.25) is 69.0 Å². The van der Waals surface area contributed by atoms with Gasteiger partial charge in [0.25, 0.3) is 0 Å². The first-order valence-electron chi connectivity index (χ1n) is 22.8. The van der Waals surface area contributed by atoms with E-state index in [0.717, 1.165) is 18.2 Å². The fourth-order valence-electron chi connectivity index (χ4n) is 9.16. The maximum absolute atomic E-state index is 11.8. The highest BCUT2D eigenvalue weighted by molar-refractivity contribution is 6.04. The van der Waals surface area contributed by atoms with Crippen LogP contribution in [0.1, 0.15) is 0 Å². The number of phenolic OH excluding ortho intramolecular Hbond substituents is 28. The molecule has 9 rings (SSSR count). The van der Waals surface area contributed by atoms with Crippen LogP contribution in [0.25, 0.3) is 66.8 Å². The molecule has 0 aliphatic carbocycles. The lowest BCUT2D eigenvalue weighted by molar-refractivity contribution is 0.329. The van der Waals surface area contributed by atoms with Gasteiger partial charge in [-0.2, -0.15) is 0 Å². The van der Waals surface area contributed by atoms with E-state index in [2.05, 4.69) is 0 Å². The smallest absolute Gasteiger partial charge is 0.208 e. The van der Waals surface area contributed by atoms with Crippen molar-refractivity contribution in [3.63, 3.8) is 0 Å². The fraction of sp³-hybridized carbons (Fsp3) is 0. The van der Waals surface area contributed by atoms with Crippen molar-refractivity contribution < 1.29 is 143 Å². The van der Waals surface area contributed by atoms with Crippen molar-refractivity contribution in [3.8, 4) is 228 Å². The molecule has 428 valence electrons. The molecule has 0 saturated carbocycles. The summed E-state index contributed by atoms with van der Waals surface area (Å²) in [4.78, 5) is 0.291. The third kappa shape index (κ3) is 7.87. The highest BCUT2D eigenvalue weighted by Gasteiger charge is 2.40. The molecule has 0 aliphatic heterocycles. The molecule has 0 bridgehead atoms. The minimum absolute atomic E-state index is 0.0133. The van der Waals surface area contributed by atoms with Gasteiger partial charge in [0.15, 0.2) is 92.0 Å². The minimum atomic E-state index is -1.70. The molecule has 0 heterocycles. The van der Waals surface area contributed by atoms with Gasteiger partial charge in [-0.1, -0.05) is 30.3 Å². The Balaban J connectivity index is 1.27. The number of aromatic hydroxyl groups is 28. The minimum Gasteiger partial charge on any atom is -0.504 e. The molecule has 0 spiro atoms. The predicted octanol–water partition coefficient (Wildman–Crippen LogP) is 6.92. The molecule has 9 aromatic rings. The van der Waals surface area contributed by atoms with Gasteiger partial charge in [0.1, 0.15) is 11.4 Å². The van der Waals surface area contributed by atoms with E-state index in [-0.39, 0.29) is 33.4 Å². The van der Waals surface area contributed by atoms with Gasteiger partial charge in [-0.15, -0.1) is 0 Å². The van der Waals surface area contributed by atoms with Crippen molar-refractivity contribution >= 4 is 17.1 Å². The fourth-order valence-corrected chi connectivity index (χ4v) is 9.16. The Kier molecular flexibility index (Phi) is 12.6. The van der Waals surface area contributed by atoms with E-state index in [1.165, 1.54) is 48.5 Å². The standard InChI is InChI=1S/C54H39NO28/c56-27-19(28(57)44(73)51(80)43(27)72)16-9-15(10-17(11-16)20-29(58)45(74)52(81)46(75)30(20)59)14-3-1-2-13(8-14)12-4-6-18(7-5-12)55(25-39(68)31(60)21(32(61)40(25)69)23-35(64)47(76)53(82)48(77)36(23)65)26-41(70)33(62)22(34(63)42(26)71)24-37(66)49(78)54(83)50(79)38(24)67/h1-11,56-83H. The molecule has 0 aromatic heterocycles. The zero-order valence-corrected chi connectivity index (χ0v) is 40.8. The van der Waals surface area contributed by atoms with Gasteiger partial charge in [0, 0.05) is 5.69 Å². The molecule has 0 fully saturated rings. The average molecular weight is 1150 g/mol. The number of nitrogens with zero attached hydrogens (tertiary/aromatic N) is 1. The van der Waals surface area contributed by atoms with Gasteiger partial charge < -0.3 is 143 Å². The summed E-state index contributed by atoms with van der Waals surface area (Å²) in [6, 6.07) is 13.6. The maximum Gasteiger partial charge on any atom is 0.208 e. The molecular formula is C54H39NO28. The molecule has 0 aliphatic rings. The molecule has 0 saturated heterocycles. The second-order valence-electron chi connectivity index (χ2n) is 18.0. The van der Waals surface area contributed by atoms with Crippen molar-refractivity contribution in [1.29, 1.82) is 0 Å². The van der Waals surface area contributed by atoms with E-state index in [1.807, 2.05) is 0 Å². The summed E-state index contributed by atoms with van der Waals surface area (Å²) in [6.45, 7) is 0. The number of hydrogen-bond donors (Lipinski definition) is 28. The molecule has 0 unspecified atom stereocenters. The Bertz CT molecular complexity index is 3910. The molecule has 29 heteroatoms. The molecule has 29 nitrogen and oxygen atoms in total. The molecule has 28 N–H and O–H groups in total. The summed E-state index contributed by atoms with van der Waals surface area (Å²) >= 11 is 0. The second kappa shape index (κ2) is 19.0. The largest absolute Gasteiger partial charge is 0.504 e. The van der Waals surface area contributed by atoms with Crippen LogP contribution in [-0.4, -0.2) is 143 Å². The molecular weight excluding hydrogens is 1110 g/mol. The Morgan fingerprint density at radius 3 is 0.651 bits per heavy atom. The lowest BCUT2D eigenvalue weighted by atomic mass is 9.90. The Hall–Kier alpha value is -12.8. The number of phenols is 28. The van der Waals surface area contributed by atoms with Gasteiger partial charge in [0.05, 0.1) is 33.4 Å². The van der Waals surface area contributed by atoms with Crippen LogP contribution in [0.3, 0.4) is 0 Å². The summed E-state index contributed by atoms with van der Waals surface area (Å²) in [6.07, 6.45) is 0. The number of hydrogen-bond acceptors (Lipinski definition) is 29. The number of anilines is 3. The zero-order valence-electron chi connectivity index (χ0n) is 40.8. The van der Waals surface area contributed by atoms with Gasteiger partial charge >= 0.3 is 0 Å². The van der Waals surface area contributed by atoms with Crippen LogP contribution in [0, 0.1) is 0 Å². The third-order valence-corrected chi connectivity index (χ3v) is 13.3. The summed E-state index contributed by atoms with van der Waals surface area (Å²) in [5.41, 5.74) is -10.6. The van der Waals surface area contributed by atoms with Gasteiger partial charge in [-0.25, -0.2) is 0 Å². The van der Waals surface area contributed by atoms with E-state index in [1.54, 1.807) is 0 Å². The first-order valence-corrected chi connectivity index (χ1v) is 22.8. The zero-order chi connectivity index (χ0) is 61.2. The van der Waals surface area contributed by atoms with Crippen LogP contribution in [0.4, 0.5) is 17.1 Å². The van der Waals surface area contributed by atoms with Gasteiger partial charge in [-0.05, 0) is 69.8 Å². The molecule has 0 radical (unpaired) electrons. The highest BCUT2D eigenvalue weighted by atomic mass is 16.4. The molecule has 0 amide bonds. The van der Waals surface area contributed by atoms with E-state index < -0.39 is 211 Å². The average Bonchev–Trinajstić information content (AvgIpc) is 1.56. The lowest BCUT2D eigenvalue weighted by Crippen LogP contribution is -2.12. The summed E-state index contributed by atoms with van der Waals surface area (Å²) < 4.78 is 0.